The Balaban J connectivity index is 1.69. The molecule has 2 aromatic heterocycles. The van der Waals surface area contributed by atoms with Crippen LogP contribution < -0.4 is 10.9 Å². The van der Waals surface area contributed by atoms with Gasteiger partial charge in [0.25, 0.3) is 5.91 Å². The predicted octanol–water partition coefficient (Wildman–Crippen LogP) is 2.39. The smallest absolute Gasteiger partial charge is 0.280 e. The molecular formula is C19H16N6O. The molecule has 1 aliphatic heterocycles. The van der Waals surface area contributed by atoms with Crippen molar-refractivity contribution in [2.45, 2.75) is 13.5 Å². The average Bonchev–Trinajstić information content (AvgIpc) is 3.30. The van der Waals surface area contributed by atoms with Gasteiger partial charge in [0, 0.05) is 24.0 Å². The minimum absolute atomic E-state index is 0.317. The molecule has 4 aromatic rings. The highest BCUT2D eigenvalue weighted by Crippen LogP contribution is 2.23. The lowest BCUT2D eigenvalue weighted by Crippen LogP contribution is -2.24. The van der Waals surface area contributed by atoms with E-state index in [9.17, 15) is 4.79 Å². The first-order valence-corrected chi connectivity index (χ1v) is 8.46. The molecule has 1 amide bonds. The standard InChI is InChI=1S/C19H16N6O/c1-11-2-4-13-15(8-11)23-19(25-7-6-20-17(13)25)24-18(26)12-3-5-14-16(9-12)22-10-21-14/h2-5,8-10,20H,6-7H2,1H3,(H,21,22). The summed E-state index contributed by atoms with van der Waals surface area (Å²) in [6, 6.07) is 11.4. The first-order chi connectivity index (χ1) is 12.7. The largest absolute Gasteiger partial charge is 0.369 e. The number of H-pyrrole nitrogens is 1. The number of aromatic amines is 1. The summed E-state index contributed by atoms with van der Waals surface area (Å²) in [6.45, 7) is 3.56. The molecule has 5 rings (SSSR count). The number of hydrogen-bond donors (Lipinski definition) is 2. The molecule has 0 atom stereocenters. The number of benzene rings is 2. The number of aromatic nitrogens is 4. The number of rotatable bonds is 1. The Morgan fingerprint density at radius 1 is 1.19 bits per heavy atom. The van der Waals surface area contributed by atoms with Gasteiger partial charge in [-0.25, -0.2) is 9.97 Å². The van der Waals surface area contributed by atoms with Crippen molar-refractivity contribution in [3.05, 3.63) is 59.5 Å². The van der Waals surface area contributed by atoms with Crippen LogP contribution in [-0.4, -0.2) is 32.0 Å². The molecule has 0 spiro atoms. The van der Waals surface area contributed by atoms with E-state index in [2.05, 4.69) is 37.4 Å². The lowest BCUT2D eigenvalue weighted by atomic mass is 10.1. The Bertz CT molecular complexity index is 1250. The monoisotopic (exact) mass is 344 g/mol. The Morgan fingerprint density at radius 2 is 2.12 bits per heavy atom. The Morgan fingerprint density at radius 3 is 3.04 bits per heavy atom. The van der Waals surface area contributed by atoms with E-state index in [0.29, 0.717) is 11.2 Å². The summed E-state index contributed by atoms with van der Waals surface area (Å²) in [5.74, 6) is 0.646. The highest BCUT2D eigenvalue weighted by atomic mass is 16.1. The van der Waals surface area contributed by atoms with E-state index >= 15 is 0 Å². The van der Waals surface area contributed by atoms with Gasteiger partial charge in [-0.1, -0.05) is 6.07 Å². The van der Waals surface area contributed by atoms with Crippen LogP contribution in [0.4, 0.5) is 5.82 Å². The zero-order valence-corrected chi connectivity index (χ0v) is 14.2. The fourth-order valence-electron chi connectivity index (χ4n) is 3.35. The summed E-state index contributed by atoms with van der Waals surface area (Å²) in [5.41, 5.74) is 4.52. The van der Waals surface area contributed by atoms with Crippen LogP contribution in [0.15, 0.2) is 47.7 Å². The van der Waals surface area contributed by atoms with Gasteiger partial charge in [0.1, 0.15) is 5.82 Å². The average molecular weight is 344 g/mol. The third-order valence-electron chi connectivity index (χ3n) is 4.64. The molecule has 7 heteroatoms. The molecule has 0 saturated carbocycles. The molecule has 3 heterocycles. The topological polar surface area (TPSA) is 88.0 Å². The number of carbonyl (C=O) groups excluding carboxylic acids is 1. The number of hydrogen-bond acceptors (Lipinski definition) is 4. The summed E-state index contributed by atoms with van der Waals surface area (Å²) in [6.07, 6.45) is 1.61. The lowest BCUT2D eigenvalue weighted by molar-refractivity contribution is 0.0996. The molecule has 0 saturated heterocycles. The lowest BCUT2D eigenvalue weighted by Gasteiger charge is -2.08. The molecule has 2 N–H and O–H groups in total. The van der Waals surface area contributed by atoms with E-state index < -0.39 is 0 Å². The van der Waals surface area contributed by atoms with Crippen LogP contribution >= 0.6 is 0 Å². The number of anilines is 1. The Kier molecular flexibility index (Phi) is 3.15. The van der Waals surface area contributed by atoms with Crippen molar-refractivity contribution >= 4 is 33.7 Å². The van der Waals surface area contributed by atoms with Crippen molar-refractivity contribution in [2.75, 3.05) is 11.9 Å². The Hall–Kier alpha value is -3.48. The molecule has 0 bridgehead atoms. The van der Waals surface area contributed by atoms with Crippen LogP contribution in [0.25, 0.3) is 21.9 Å². The van der Waals surface area contributed by atoms with Crippen molar-refractivity contribution in [3.63, 3.8) is 0 Å². The predicted molar refractivity (Wildman–Crippen MR) is 98.9 cm³/mol. The van der Waals surface area contributed by atoms with Crippen LogP contribution in [0.3, 0.4) is 0 Å². The van der Waals surface area contributed by atoms with Crippen LogP contribution in [0, 0.1) is 6.92 Å². The molecule has 0 aliphatic carbocycles. The third kappa shape index (κ3) is 2.28. The number of aryl methyl sites for hydroxylation is 1. The second-order valence-electron chi connectivity index (χ2n) is 6.41. The van der Waals surface area contributed by atoms with Gasteiger partial charge in [-0.15, -0.1) is 0 Å². The summed E-state index contributed by atoms with van der Waals surface area (Å²) < 4.78 is 1.96. The molecule has 0 unspecified atom stereocenters. The van der Waals surface area contributed by atoms with Gasteiger partial charge in [0.15, 0.2) is 0 Å². The SMILES string of the molecule is Cc1ccc2c3n(c(=NC(=O)c4ccc5nc[nH]c5c4)nc2c1)CCN3. The maximum atomic E-state index is 12.7. The van der Waals surface area contributed by atoms with Gasteiger partial charge in [-0.2, -0.15) is 4.99 Å². The summed E-state index contributed by atoms with van der Waals surface area (Å²) in [7, 11) is 0. The van der Waals surface area contributed by atoms with Crippen molar-refractivity contribution in [3.8, 4) is 0 Å². The molecule has 0 radical (unpaired) electrons. The second kappa shape index (κ2) is 5.52. The maximum absolute atomic E-state index is 12.7. The molecule has 1 aliphatic rings. The van der Waals surface area contributed by atoms with Gasteiger partial charge in [-0.05, 0) is 42.8 Å². The first kappa shape index (κ1) is 14.8. The molecule has 0 fully saturated rings. The van der Waals surface area contributed by atoms with E-state index in [1.165, 1.54) is 0 Å². The zero-order valence-electron chi connectivity index (χ0n) is 14.2. The summed E-state index contributed by atoms with van der Waals surface area (Å²) in [4.78, 5) is 28.8. The van der Waals surface area contributed by atoms with E-state index in [0.717, 1.165) is 46.4 Å². The van der Waals surface area contributed by atoms with Gasteiger partial charge in [-0.3, -0.25) is 9.36 Å². The number of fused-ring (bicyclic) bond motifs is 4. The number of imidazole rings is 1. The highest BCUT2D eigenvalue weighted by molar-refractivity contribution is 5.98. The summed E-state index contributed by atoms with van der Waals surface area (Å²) >= 11 is 0. The van der Waals surface area contributed by atoms with Crippen LogP contribution in [0.2, 0.25) is 0 Å². The minimum Gasteiger partial charge on any atom is -0.369 e. The molecule has 128 valence electrons. The second-order valence-corrected chi connectivity index (χ2v) is 6.41. The van der Waals surface area contributed by atoms with E-state index in [-0.39, 0.29) is 5.91 Å². The number of carbonyl (C=O) groups is 1. The van der Waals surface area contributed by atoms with E-state index in [1.54, 1.807) is 18.5 Å². The fraction of sp³-hybridized carbons (Fsp3) is 0.158. The zero-order chi connectivity index (χ0) is 17.7. The quantitative estimate of drug-likeness (QED) is 0.555. The van der Waals surface area contributed by atoms with Crippen LogP contribution in [0.5, 0.6) is 0 Å². The van der Waals surface area contributed by atoms with E-state index in [1.807, 2.05) is 23.6 Å². The van der Waals surface area contributed by atoms with Crippen molar-refractivity contribution in [1.29, 1.82) is 0 Å². The minimum atomic E-state index is -0.317. The molecule has 26 heavy (non-hydrogen) atoms. The van der Waals surface area contributed by atoms with Gasteiger partial charge in [0.2, 0.25) is 5.62 Å². The Labute approximate surface area is 148 Å². The number of amides is 1. The van der Waals surface area contributed by atoms with Gasteiger partial charge >= 0.3 is 0 Å². The number of nitrogens with zero attached hydrogens (tertiary/aromatic N) is 4. The number of nitrogens with one attached hydrogen (secondary N) is 2. The normalized spacial score (nSPS) is 14.0. The maximum Gasteiger partial charge on any atom is 0.280 e. The fourth-order valence-corrected chi connectivity index (χ4v) is 3.35. The first-order valence-electron chi connectivity index (χ1n) is 8.46. The highest BCUT2D eigenvalue weighted by Gasteiger charge is 2.16. The van der Waals surface area contributed by atoms with Crippen LogP contribution in [-0.2, 0) is 6.54 Å². The molecular weight excluding hydrogens is 328 g/mol. The third-order valence-corrected chi connectivity index (χ3v) is 4.64. The van der Waals surface area contributed by atoms with Gasteiger partial charge in [0.05, 0.1) is 22.9 Å². The van der Waals surface area contributed by atoms with Crippen molar-refractivity contribution in [1.82, 2.24) is 19.5 Å². The van der Waals surface area contributed by atoms with Crippen molar-refractivity contribution in [2.24, 2.45) is 4.99 Å². The van der Waals surface area contributed by atoms with E-state index in [4.69, 9.17) is 0 Å². The summed E-state index contributed by atoms with van der Waals surface area (Å²) in [5, 5.41) is 4.42. The van der Waals surface area contributed by atoms with Crippen molar-refractivity contribution < 1.29 is 4.79 Å². The molecule has 7 nitrogen and oxygen atoms in total. The molecule has 2 aromatic carbocycles. The van der Waals surface area contributed by atoms with Gasteiger partial charge < -0.3 is 10.3 Å². The van der Waals surface area contributed by atoms with Crippen LogP contribution in [0.1, 0.15) is 15.9 Å².